The lowest BCUT2D eigenvalue weighted by atomic mass is 10.1. The van der Waals surface area contributed by atoms with Gasteiger partial charge < -0.3 is 15.1 Å². The molecule has 2 aliphatic rings. The van der Waals surface area contributed by atoms with E-state index in [1.54, 1.807) is 17.0 Å². The van der Waals surface area contributed by atoms with Crippen molar-refractivity contribution in [3.05, 3.63) is 29.8 Å². The highest BCUT2D eigenvalue weighted by Crippen LogP contribution is 2.22. The Labute approximate surface area is 166 Å². The van der Waals surface area contributed by atoms with Crippen LogP contribution in [0.25, 0.3) is 0 Å². The van der Waals surface area contributed by atoms with Crippen LogP contribution in [-0.2, 0) is 9.59 Å². The van der Waals surface area contributed by atoms with Gasteiger partial charge in [-0.3, -0.25) is 19.3 Å². The van der Waals surface area contributed by atoms with Gasteiger partial charge in [0.05, 0.1) is 6.54 Å². The van der Waals surface area contributed by atoms with Gasteiger partial charge in [-0.15, -0.1) is 0 Å². The van der Waals surface area contributed by atoms with Crippen LogP contribution in [-0.4, -0.2) is 72.8 Å². The molecule has 1 aromatic carbocycles. The molecule has 152 valence electrons. The molecular weight excluding hydrogens is 356 g/mol. The summed E-state index contributed by atoms with van der Waals surface area (Å²) in [6, 6.07) is 7.50. The highest BCUT2D eigenvalue weighted by atomic mass is 16.2. The third-order valence-corrected chi connectivity index (χ3v) is 5.55. The van der Waals surface area contributed by atoms with Gasteiger partial charge in [-0.1, -0.05) is 6.92 Å². The van der Waals surface area contributed by atoms with Crippen molar-refractivity contribution in [1.82, 2.24) is 15.1 Å². The average molecular weight is 386 g/mol. The van der Waals surface area contributed by atoms with Gasteiger partial charge >= 0.3 is 0 Å². The first kappa shape index (κ1) is 20.3. The zero-order chi connectivity index (χ0) is 20.1. The molecule has 1 unspecified atom stereocenters. The smallest absolute Gasteiger partial charge is 0.253 e. The molecule has 28 heavy (non-hydrogen) atoms. The molecular formula is C21H30N4O3. The summed E-state index contributed by atoms with van der Waals surface area (Å²) in [7, 11) is 0. The van der Waals surface area contributed by atoms with Crippen molar-refractivity contribution >= 4 is 23.4 Å². The zero-order valence-electron chi connectivity index (χ0n) is 16.8. The first-order chi connectivity index (χ1) is 13.5. The van der Waals surface area contributed by atoms with Crippen LogP contribution in [0.1, 0.15) is 43.5 Å². The number of benzene rings is 1. The molecule has 0 saturated carbocycles. The summed E-state index contributed by atoms with van der Waals surface area (Å²) in [6.07, 6.45) is 2.40. The van der Waals surface area contributed by atoms with Crippen LogP contribution in [0.4, 0.5) is 5.69 Å². The predicted molar refractivity (Wildman–Crippen MR) is 108 cm³/mol. The van der Waals surface area contributed by atoms with Gasteiger partial charge in [-0.25, -0.2) is 0 Å². The highest BCUT2D eigenvalue weighted by molar-refractivity contribution is 5.97. The molecule has 2 saturated heterocycles. The minimum Gasteiger partial charge on any atom is -0.353 e. The van der Waals surface area contributed by atoms with Gasteiger partial charge in [-0.2, -0.15) is 0 Å². The molecule has 2 fully saturated rings. The molecule has 7 nitrogen and oxygen atoms in total. The molecule has 3 amide bonds. The summed E-state index contributed by atoms with van der Waals surface area (Å²) in [6.45, 7) is 7.79. The summed E-state index contributed by atoms with van der Waals surface area (Å²) in [4.78, 5) is 42.3. The second kappa shape index (κ2) is 9.19. The topological polar surface area (TPSA) is 73.0 Å². The van der Waals surface area contributed by atoms with Gasteiger partial charge in [0.15, 0.2) is 0 Å². The monoisotopic (exact) mass is 386 g/mol. The molecule has 1 atom stereocenters. The molecule has 1 N–H and O–H groups in total. The molecule has 7 heteroatoms. The maximum Gasteiger partial charge on any atom is 0.253 e. The number of nitrogens with zero attached hydrogens (tertiary/aromatic N) is 3. The van der Waals surface area contributed by atoms with Gasteiger partial charge in [-0.05, 0) is 44.0 Å². The molecule has 3 rings (SSSR count). The summed E-state index contributed by atoms with van der Waals surface area (Å²) >= 11 is 0. The Kier molecular flexibility index (Phi) is 6.67. The summed E-state index contributed by atoms with van der Waals surface area (Å²) in [5.74, 6) is 0.191. The fraction of sp³-hybridized carbons (Fsp3) is 0.571. The van der Waals surface area contributed by atoms with Gasteiger partial charge in [0.25, 0.3) is 5.91 Å². The van der Waals surface area contributed by atoms with E-state index >= 15 is 0 Å². The third-order valence-electron chi connectivity index (χ3n) is 5.55. The average Bonchev–Trinajstić information content (AvgIpc) is 3.14. The fourth-order valence-electron chi connectivity index (χ4n) is 3.62. The molecule has 0 spiro atoms. The number of piperazine rings is 1. The van der Waals surface area contributed by atoms with E-state index in [1.807, 2.05) is 30.9 Å². The van der Waals surface area contributed by atoms with Gasteiger partial charge in [0, 0.05) is 56.4 Å². The van der Waals surface area contributed by atoms with Gasteiger partial charge in [0.2, 0.25) is 11.8 Å². The number of nitrogens with one attached hydrogen (secondary N) is 1. The first-order valence-electron chi connectivity index (χ1n) is 10.2. The highest BCUT2D eigenvalue weighted by Gasteiger charge is 2.25. The standard InChI is InChI=1S/C21H30N4O3/c1-3-16(2)22-19(26)15-23-11-13-24(14-12-23)21(28)17-6-8-18(9-7-17)25-10-4-5-20(25)27/h6-9,16H,3-5,10-15H2,1-2H3,(H,22,26). The van der Waals surface area contributed by atoms with E-state index in [1.165, 1.54) is 0 Å². The van der Waals surface area contributed by atoms with Crippen LogP contribution in [0.3, 0.4) is 0 Å². The Bertz CT molecular complexity index is 711. The van der Waals surface area contributed by atoms with E-state index in [9.17, 15) is 14.4 Å². The second-order valence-electron chi connectivity index (χ2n) is 7.64. The van der Waals surface area contributed by atoms with Crippen LogP contribution < -0.4 is 10.2 Å². The molecule has 2 heterocycles. The van der Waals surface area contributed by atoms with Crippen molar-refractivity contribution in [1.29, 1.82) is 0 Å². The van der Waals surface area contributed by atoms with Crippen LogP contribution in [0.15, 0.2) is 24.3 Å². The lowest BCUT2D eigenvalue weighted by Gasteiger charge is -2.34. The number of rotatable bonds is 6. The first-order valence-corrected chi connectivity index (χ1v) is 10.2. The number of amides is 3. The number of carbonyl (C=O) groups excluding carboxylic acids is 3. The second-order valence-corrected chi connectivity index (χ2v) is 7.64. The third kappa shape index (κ3) is 4.90. The van der Waals surface area contributed by atoms with Crippen LogP contribution in [0.2, 0.25) is 0 Å². The normalized spacial score (nSPS) is 19.0. The van der Waals surface area contributed by atoms with Crippen molar-refractivity contribution in [2.75, 3.05) is 44.2 Å². The van der Waals surface area contributed by atoms with Crippen LogP contribution in [0, 0.1) is 0 Å². The van der Waals surface area contributed by atoms with Crippen LogP contribution >= 0.6 is 0 Å². The van der Waals surface area contributed by atoms with E-state index in [0.717, 1.165) is 25.1 Å². The molecule has 1 aromatic rings. The SMILES string of the molecule is CCC(C)NC(=O)CN1CCN(C(=O)c2ccc(N3CCCC3=O)cc2)CC1. The maximum absolute atomic E-state index is 12.8. The Morgan fingerprint density at radius 1 is 1.07 bits per heavy atom. The van der Waals surface area contributed by atoms with Crippen molar-refractivity contribution in [3.63, 3.8) is 0 Å². The molecule has 0 radical (unpaired) electrons. The van der Waals surface area contributed by atoms with Crippen molar-refractivity contribution in [3.8, 4) is 0 Å². The molecule has 0 bridgehead atoms. The number of hydrogen-bond donors (Lipinski definition) is 1. The summed E-state index contributed by atoms with van der Waals surface area (Å²) in [5.41, 5.74) is 1.49. The van der Waals surface area contributed by atoms with E-state index in [0.29, 0.717) is 44.7 Å². The van der Waals surface area contributed by atoms with Crippen molar-refractivity contribution in [2.45, 2.75) is 39.2 Å². The lowest BCUT2D eigenvalue weighted by Crippen LogP contribution is -2.51. The number of hydrogen-bond acceptors (Lipinski definition) is 4. The Morgan fingerprint density at radius 3 is 2.32 bits per heavy atom. The summed E-state index contributed by atoms with van der Waals surface area (Å²) < 4.78 is 0. The Hall–Kier alpha value is -2.41. The van der Waals surface area contributed by atoms with E-state index in [-0.39, 0.29) is 23.8 Å². The lowest BCUT2D eigenvalue weighted by molar-refractivity contribution is -0.123. The fourth-order valence-corrected chi connectivity index (χ4v) is 3.62. The van der Waals surface area contributed by atoms with Crippen LogP contribution in [0.5, 0.6) is 0 Å². The Morgan fingerprint density at radius 2 is 1.75 bits per heavy atom. The van der Waals surface area contributed by atoms with Crippen molar-refractivity contribution < 1.29 is 14.4 Å². The van der Waals surface area contributed by atoms with E-state index < -0.39 is 0 Å². The molecule has 0 aliphatic carbocycles. The van der Waals surface area contributed by atoms with E-state index in [2.05, 4.69) is 10.2 Å². The summed E-state index contributed by atoms with van der Waals surface area (Å²) in [5, 5.41) is 2.98. The number of carbonyl (C=O) groups is 3. The predicted octanol–water partition coefficient (Wildman–Crippen LogP) is 1.49. The van der Waals surface area contributed by atoms with E-state index in [4.69, 9.17) is 0 Å². The maximum atomic E-state index is 12.8. The quantitative estimate of drug-likeness (QED) is 0.804. The minimum absolute atomic E-state index is 0.00278. The van der Waals surface area contributed by atoms with Gasteiger partial charge in [0.1, 0.15) is 0 Å². The zero-order valence-corrected chi connectivity index (χ0v) is 16.8. The molecule has 0 aromatic heterocycles. The largest absolute Gasteiger partial charge is 0.353 e. The molecule has 2 aliphatic heterocycles. The minimum atomic E-state index is 0.00278. The van der Waals surface area contributed by atoms with Crippen molar-refractivity contribution in [2.24, 2.45) is 0 Å². The Balaban J connectivity index is 1.49. The number of anilines is 1.